The van der Waals surface area contributed by atoms with E-state index in [-0.39, 0.29) is 29.6 Å². The Morgan fingerprint density at radius 2 is 1.67 bits per heavy atom. The van der Waals surface area contributed by atoms with E-state index in [2.05, 4.69) is 32.3 Å². The Bertz CT molecular complexity index is 1220. The van der Waals surface area contributed by atoms with Crippen molar-refractivity contribution in [2.45, 2.75) is 49.9 Å². The van der Waals surface area contributed by atoms with Crippen molar-refractivity contribution in [3.63, 3.8) is 0 Å². The van der Waals surface area contributed by atoms with Gasteiger partial charge in [0.05, 0.1) is 24.0 Å². The van der Waals surface area contributed by atoms with Crippen LogP contribution < -0.4 is 15.1 Å². The lowest BCUT2D eigenvalue weighted by Gasteiger charge is -2.48. The van der Waals surface area contributed by atoms with Crippen LogP contribution in [-0.4, -0.2) is 84.1 Å². The van der Waals surface area contributed by atoms with Gasteiger partial charge in [0.1, 0.15) is 0 Å². The van der Waals surface area contributed by atoms with Crippen LogP contribution in [0.4, 0.5) is 29.6 Å². The monoisotopic (exact) mass is 545 g/mol. The minimum atomic E-state index is -4.77. The van der Waals surface area contributed by atoms with Gasteiger partial charge in [0.25, 0.3) is 0 Å². The second-order valence-corrected chi connectivity index (χ2v) is 11.0. The molecule has 3 amide bonds. The molecule has 5 rings (SSSR count). The van der Waals surface area contributed by atoms with Crippen molar-refractivity contribution in [3.05, 3.63) is 47.8 Å². The average molecular weight is 546 g/mol. The highest BCUT2D eigenvalue weighted by Gasteiger charge is 2.52. The third-order valence-corrected chi connectivity index (χ3v) is 8.60. The van der Waals surface area contributed by atoms with E-state index < -0.39 is 23.4 Å². The molecular formula is C27H34F3N7O2. The topological polar surface area (TPSA) is 84.9 Å². The molecule has 2 saturated heterocycles. The van der Waals surface area contributed by atoms with E-state index in [9.17, 15) is 22.8 Å². The van der Waals surface area contributed by atoms with Gasteiger partial charge in [-0.1, -0.05) is 30.3 Å². The molecule has 3 fully saturated rings. The van der Waals surface area contributed by atoms with E-state index in [1.807, 2.05) is 32.3 Å². The van der Waals surface area contributed by atoms with Crippen LogP contribution in [0, 0.1) is 0 Å². The van der Waals surface area contributed by atoms with Crippen molar-refractivity contribution in [2.75, 3.05) is 56.6 Å². The first kappa shape index (κ1) is 27.2. The van der Waals surface area contributed by atoms with Crippen molar-refractivity contribution in [3.8, 4) is 0 Å². The number of urea groups is 1. The van der Waals surface area contributed by atoms with Crippen molar-refractivity contribution in [1.29, 1.82) is 0 Å². The van der Waals surface area contributed by atoms with Crippen LogP contribution in [0.5, 0.6) is 0 Å². The van der Waals surface area contributed by atoms with Crippen molar-refractivity contribution < 1.29 is 22.8 Å². The van der Waals surface area contributed by atoms with Crippen molar-refractivity contribution >= 4 is 23.6 Å². The number of hydrogen-bond acceptors (Lipinski definition) is 6. The number of hydrogen-bond donors (Lipinski definition) is 1. The van der Waals surface area contributed by atoms with Gasteiger partial charge in [-0.05, 0) is 45.3 Å². The molecule has 1 aliphatic carbocycles. The number of anilines is 2. The number of halogens is 3. The minimum Gasteiger partial charge on any atom is -0.339 e. The first-order valence-electron chi connectivity index (χ1n) is 13.2. The van der Waals surface area contributed by atoms with Crippen LogP contribution in [-0.2, 0) is 16.5 Å². The van der Waals surface area contributed by atoms with E-state index in [0.717, 1.165) is 23.9 Å². The van der Waals surface area contributed by atoms with Crippen LogP contribution in [0.1, 0.15) is 43.9 Å². The number of alkyl halides is 3. The summed E-state index contributed by atoms with van der Waals surface area (Å²) >= 11 is 0. The van der Waals surface area contributed by atoms with E-state index in [1.165, 1.54) is 12.5 Å². The zero-order valence-electron chi connectivity index (χ0n) is 22.5. The Hall–Kier alpha value is -3.41. The number of rotatable bonds is 4. The molecule has 1 spiro atoms. The Labute approximate surface area is 226 Å². The molecule has 39 heavy (non-hydrogen) atoms. The molecule has 2 aliphatic heterocycles. The smallest absolute Gasteiger partial charge is 0.339 e. The molecular weight excluding hydrogens is 511 g/mol. The summed E-state index contributed by atoms with van der Waals surface area (Å²) in [6.07, 6.45) is -0.897. The van der Waals surface area contributed by atoms with Crippen molar-refractivity contribution in [1.82, 2.24) is 25.1 Å². The second kappa shape index (κ2) is 9.96. The van der Waals surface area contributed by atoms with Gasteiger partial charge in [-0.2, -0.15) is 13.2 Å². The number of carbonyl (C=O) groups is 2. The predicted octanol–water partition coefficient (Wildman–Crippen LogP) is 3.46. The van der Waals surface area contributed by atoms with Crippen LogP contribution in [0.3, 0.4) is 0 Å². The Morgan fingerprint density at radius 3 is 2.23 bits per heavy atom. The lowest BCUT2D eigenvalue weighted by molar-refractivity contribution is -0.140. The fourth-order valence-electron chi connectivity index (χ4n) is 6.22. The van der Waals surface area contributed by atoms with Crippen LogP contribution in [0.25, 0.3) is 0 Å². The molecule has 210 valence electrons. The number of nitrogens with one attached hydrogen (secondary N) is 1. The largest absolute Gasteiger partial charge is 0.435 e. The van der Waals surface area contributed by atoms with Gasteiger partial charge in [-0.25, -0.2) is 14.8 Å². The number of benzene rings is 1. The summed E-state index contributed by atoms with van der Waals surface area (Å²) < 4.78 is 42.7. The summed E-state index contributed by atoms with van der Waals surface area (Å²) in [6, 6.07) is 9.64. The van der Waals surface area contributed by atoms with Gasteiger partial charge >= 0.3 is 12.2 Å². The predicted molar refractivity (Wildman–Crippen MR) is 140 cm³/mol. The quantitative estimate of drug-likeness (QED) is 0.634. The number of carbonyl (C=O) groups excluding carboxylic acids is 2. The van der Waals surface area contributed by atoms with Gasteiger partial charge in [0.2, 0.25) is 11.9 Å². The molecule has 1 aromatic carbocycles. The lowest BCUT2D eigenvalue weighted by Crippen LogP contribution is -2.54. The van der Waals surface area contributed by atoms with E-state index in [1.54, 1.807) is 9.80 Å². The number of nitrogens with zero attached hydrogens (tertiary/aromatic N) is 6. The van der Waals surface area contributed by atoms with Gasteiger partial charge in [-0.15, -0.1) is 0 Å². The third-order valence-electron chi connectivity index (χ3n) is 8.60. The third kappa shape index (κ3) is 5.02. The summed E-state index contributed by atoms with van der Waals surface area (Å²) in [5.41, 5.74) is -1.11. The SMILES string of the molecule is CC(=O)N1CCN(c2ncc(N3C[C@]4(CC[C@@](c5ccccc5)(N(C)C)CC4)NC3=O)c(C(F)(F)F)n2)CC1. The first-order chi connectivity index (χ1) is 18.4. The molecule has 1 saturated carbocycles. The highest BCUT2D eigenvalue weighted by Crippen LogP contribution is 2.47. The molecule has 0 unspecified atom stereocenters. The number of piperazine rings is 1. The zero-order chi connectivity index (χ0) is 28.0. The normalized spacial score (nSPS) is 25.9. The maximum Gasteiger partial charge on any atom is 0.435 e. The summed E-state index contributed by atoms with van der Waals surface area (Å²) in [5, 5.41) is 3.02. The molecule has 0 radical (unpaired) electrons. The molecule has 3 heterocycles. The van der Waals surface area contributed by atoms with E-state index in [4.69, 9.17) is 0 Å². The van der Waals surface area contributed by atoms with E-state index >= 15 is 0 Å². The maximum absolute atomic E-state index is 14.2. The van der Waals surface area contributed by atoms with Crippen molar-refractivity contribution in [2.24, 2.45) is 0 Å². The molecule has 2 aromatic rings. The van der Waals surface area contributed by atoms with Crippen LogP contribution in [0.15, 0.2) is 36.5 Å². The molecule has 0 bridgehead atoms. The number of aromatic nitrogens is 2. The van der Waals surface area contributed by atoms with Gasteiger partial charge in [0.15, 0.2) is 5.69 Å². The highest BCUT2D eigenvalue weighted by atomic mass is 19.4. The maximum atomic E-state index is 14.2. The first-order valence-corrected chi connectivity index (χ1v) is 13.2. The fourth-order valence-corrected chi connectivity index (χ4v) is 6.22. The van der Waals surface area contributed by atoms with Crippen LogP contribution >= 0.6 is 0 Å². The molecule has 1 N–H and O–H groups in total. The van der Waals surface area contributed by atoms with Gasteiger partial charge < -0.3 is 15.1 Å². The average Bonchev–Trinajstić information content (AvgIpc) is 3.24. The fraction of sp³-hybridized carbons (Fsp3) is 0.556. The molecule has 3 aliphatic rings. The summed E-state index contributed by atoms with van der Waals surface area (Å²) in [5.74, 6) is -0.134. The zero-order valence-corrected chi connectivity index (χ0v) is 22.5. The summed E-state index contributed by atoms with van der Waals surface area (Å²) in [7, 11) is 4.08. The van der Waals surface area contributed by atoms with Crippen LogP contribution in [0.2, 0.25) is 0 Å². The van der Waals surface area contributed by atoms with Gasteiger partial charge in [0, 0.05) is 38.6 Å². The Kier molecular flexibility index (Phi) is 6.94. The molecule has 0 atom stereocenters. The number of amides is 3. The molecule has 9 nitrogen and oxygen atoms in total. The lowest BCUT2D eigenvalue weighted by atomic mass is 9.69. The van der Waals surface area contributed by atoms with Gasteiger partial charge in [-0.3, -0.25) is 14.6 Å². The standard InChI is InChI=1S/C27H34F3N7O2/c1-19(38)35-13-15-36(16-14-35)23-31-17-21(22(32-23)27(28,29)30)37-18-25(33-24(37)39)9-11-26(12-10-25,34(2)3)20-7-5-4-6-8-20/h4-8,17H,9-16,18H2,1-3H3,(H,33,39)/t25-,26-. The summed E-state index contributed by atoms with van der Waals surface area (Å²) in [6.45, 7) is 3.02. The minimum absolute atomic E-state index is 0.0557. The molecule has 12 heteroatoms. The Morgan fingerprint density at radius 1 is 1.03 bits per heavy atom. The van der Waals surface area contributed by atoms with E-state index in [0.29, 0.717) is 39.0 Å². The Balaban J connectivity index is 1.37. The second-order valence-electron chi connectivity index (χ2n) is 11.0. The highest BCUT2D eigenvalue weighted by molar-refractivity contribution is 5.96. The summed E-state index contributed by atoms with van der Waals surface area (Å²) in [4.78, 5) is 39.5. The molecule has 1 aromatic heterocycles.